The molecule has 1 saturated carbocycles. The number of hydrogen-bond donors (Lipinski definition) is 1. The average Bonchev–Trinajstić information content (AvgIpc) is 2.87. The second-order valence-electron chi connectivity index (χ2n) is 6.59. The van der Waals surface area contributed by atoms with E-state index in [2.05, 4.69) is 37.2 Å². The van der Waals surface area contributed by atoms with Crippen LogP contribution in [0.3, 0.4) is 0 Å². The molecule has 3 atom stereocenters. The Balaban J connectivity index is 2.20. The zero-order valence-electron chi connectivity index (χ0n) is 12.8. The first kappa shape index (κ1) is 14.6. The van der Waals surface area contributed by atoms with Gasteiger partial charge >= 0.3 is 0 Å². The standard InChI is InChI=1S/C16H28N2O/c1-5-15-17-9-10-18(15)13-11-12(7-8-14(13)19)16(3,4)6-2/h9-10,12-14,19H,5-8,11H2,1-4H3. The minimum absolute atomic E-state index is 0.210. The maximum absolute atomic E-state index is 10.4. The third-order valence-corrected chi connectivity index (χ3v) is 5.22. The van der Waals surface area contributed by atoms with Gasteiger partial charge in [-0.2, -0.15) is 0 Å². The van der Waals surface area contributed by atoms with Crippen LogP contribution >= 0.6 is 0 Å². The van der Waals surface area contributed by atoms with E-state index < -0.39 is 0 Å². The Morgan fingerprint density at radius 1 is 1.37 bits per heavy atom. The van der Waals surface area contributed by atoms with Gasteiger partial charge in [0.2, 0.25) is 0 Å². The number of hydrogen-bond acceptors (Lipinski definition) is 2. The summed E-state index contributed by atoms with van der Waals surface area (Å²) in [4.78, 5) is 4.40. The molecule has 0 bridgehead atoms. The average molecular weight is 264 g/mol. The summed E-state index contributed by atoms with van der Waals surface area (Å²) >= 11 is 0. The lowest BCUT2D eigenvalue weighted by Crippen LogP contribution is -2.37. The van der Waals surface area contributed by atoms with E-state index >= 15 is 0 Å². The maximum atomic E-state index is 10.4. The fourth-order valence-electron chi connectivity index (χ4n) is 3.35. The number of imidazole rings is 1. The van der Waals surface area contributed by atoms with Crippen LogP contribution in [0.5, 0.6) is 0 Å². The Morgan fingerprint density at radius 3 is 2.74 bits per heavy atom. The van der Waals surface area contributed by atoms with E-state index in [0.717, 1.165) is 31.5 Å². The third kappa shape index (κ3) is 2.86. The molecule has 1 heterocycles. The van der Waals surface area contributed by atoms with Crippen molar-refractivity contribution in [2.24, 2.45) is 11.3 Å². The van der Waals surface area contributed by atoms with E-state index in [9.17, 15) is 5.11 Å². The van der Waals surface area contributed by atoms with Gasteiger partial charge in [-0.05, 0) is 30.6 Å². The van der Waals surface area contributed by atoms with Crippen LogP contribution in [-0.2, 0) is 6.42 Å². The normalized spacial score (nSPS) is 28.6. The van der Waals surface area contributed by atoms with E-state index in [-0.39, 0.29) is 12.1 Å². The lowest BCUT2D eigenvalue weighted by Gasteiger charge is -2.42. The van der Waals surface area contributed by atoms with Gasteiger partial charge < -0.3 is 9.67 Å². The van der Waals surface area contributed by atoms with Crippen molar-refractivity contribution in [3.63, 3.8) is 0 Å². The lowest BCUT2D eigenvalue weighted by molar-refractivity contribution is 0.0183. The minimum Gasteiger partial charge on any atom is -0.391 e. The van der Waals surface area contributed by atoms with Gasteiger partial charge in [0.15, 0.2) is 0 Å². The van der Waals surface area contributed by atoms with Crippen molar-refractivity contribution in [2.75, 3.05) is 0 Å². The van der Waals surface area contributed by atoms with Gasteiger partial charge in [0.1, 0.15) is 5.82 Å². The van der Waals surface area contributed by atoms with Gasteiger partial charge in [0.05, 0.1) is 12.1 Å². The van der Waals surface area contributed by atoms with E-state index in [0.29, 0.717) is 11.3 Å². The largest absolute Gasteiger partial charge is 0.391 e. The molecule has 0 aromatic carbocycles. The highest BCUT2D eigenvalue weighted by Gasteiger charge is 2.37. The van der Waals surface area contributed by atoms with Gasteiger partial charge in [-0.1, -0.05) is 34.1 Å². The van der Waals surface area contributed by atoms with Crippen LogP contribution in [0, 0.1) is 11.3 Å². The molecule has 2 rings (SSSR count). The van der Waals surface area contributed by atoms with Crippen molar-refractivity contribution in [1.29, 1.82) is 0 Å². The van der Waals surface area contributed by atoms with Crippen LogP contribution in [0.4, 0.5) is 0 Å². The molecule has 0 amide bonds. The molecule has 1 aliphatic rings. The van der Waals surface area contributed by atoms with Crippen molar-refractivity contribution in [2.45, 2.75) is 71.9 Å². The maximum Gasteiger partial charge on any atom is 0.108 e. The molecular weight excluding hydrogens is 236 g/mol. The predicted octanol–water partition coefficient (Wildman–Crippen LogP) is 3.58. The molecule has 1 N–H and O–H groups in total. The molecule has 1 aromatic heterocycles. The Labute approximate surface area is 117 Å². The quantitative estimate of drug-likeness (QED) is 0.902. The highest BCUT2D eigenvalue weighted by Crippen LogP contribution is 2.44. The molecular formula is C16H28N2O. The van der Waals surface area contributed by atoms with Crippen molar-refractivity contribution in [1.82, 2.24) is 9.55 Å². The topological polar surface area (TPSA) is 38.0 Å². The summed E-state index contributed by atoms with van der Waals surface area (Å²) in [6, 6.07) is 0.210. The van der Waals surface area contributed by atoms with Gasteiger partial charge in [-0.15, -0.1) is 0 Å². The Kier molecular flexibility index (Phi) is 4.34. The Hall–Kier alpha value is -0.830. The SMILES string of the molecule is CCc1nccn1C1CC(C(C)(C)CC)CCC1O. The van der Waals surface area contributed by atoms with E-state index in [1.165, 1.54) is 6.42 Å². The fourth-order valence-corrected chi connectivity index (χ4v) is 3.35. The molecule has 1 aliphatic carbocycles. The molecule has 3 unspecified atom stereocenters. The first-order chi connectivity index (χ1) is 8.99. The van der Waals surface area contributed by atoms with Crippen LogP contribution in [0.1, 0.15) is 65.2 Å². The summed E-state index contributed by atoms with van der Waals surface area (Å²) in [7, 11) is 0. The molecule has 0 radical (unpaired) electrons. The number of aliphatic hydroxyl groups is 1. The zero-order chi connectivity index (χ0) is 14.0. The Morgan fingerprint density at radius 2 is 2.11 bits per heavy atom. The monoisotopic (exact) mass is 264 g/mol. The summed E-state index contributed by atoms with van der Waals surface area (Å²) < 4.78 is 2.21. The highest BCUT2D eigenvalue weighted by molar-refractivity contribution is 4.99. The minimum atomic E-state index is -0.219. The lowest BCUT2D eigenvalue weighted by atomic mass is 9.68. The first-order valence-corrected chi connectivity index (χ1v) is 7.69. The fraction of sp³-hybridized carbons (Fsp3) is 0.812. The summed E-state index contributed by atoms with van der Waals surface area (Å²) in [5.74, 6) is 1.79. The van der Waals surface area contributed by atoms with Gasteiger partial charge in [0.25, 0.3) is 0 Å². The van der Waals surface area contributed by atoms with Crippen molar-refractivity contribution in [3.05, 3.63) is 18.2 Å². The third-order valence-electron chi connectivity index (χ3n) is 5.22. The second kappa shape index (κ2) is 5.66. The number of aryl methyl sites for hydroxylation is 1. The van der Waals surface area contributed by atoms with E-state index in [1.54, 1.807) is 0 Å². The van der Waals surface area contributed by atoms with Crippen LogP contribution < -0.4 is 0 Å². The van der Waals surface area contributed by atoms with Crippen LogP contribution in [0.2, 0.25) is 0 Å². The van der Waals surface area contributed by atoms with Gasteiger partial charge in [-0.25, -0.2) is 4.98 Å². The summed E-state index contributed by atoms with van der Waals surface area (Å²) in [6.07, 6.45) is 8.95. The van der Waals surface area contributed by atoms with Crippen molar-refractivity contribution in [3.8, 4) is 0 Å². The zero-order valence-corrected chi connectivity index (χ0v) is 12.8. The molecule has 0 spiro atoms. The summed E-state index contributed by atoms with van der Waals surface area (Å²) in [6.45, 7) is 9.12. The van der Waals surface area contributed by atoms with E-state index in [1.807, 2.05) is 12.4 Å². The smallest absolute Gasteiger partial charge is 0.108 e. The summed E-state index contributed by atoms with van der Waals surface area (Å²) in [5.41, 5.74) is 0.366. The molecule has 3 heteroatoms. The summed E-state index contributed by atoms with van der Waals surface area (Å²) in [5, 5.41) is 10.4. The molecule has 1 aromatic rings. The number of aromatic nitrogens is 2. The molecule has 108 valence electrons. The predicted molar refractivity (Wildman–Crippen MR) is 78.1 cm³/mol. The number of nitrogens with zero attached hydrogens (tertiary/aromatic N) is 2. The molecule has 1 fully saturated rings. The van der Waals surface area contributed by atoms with Gasteiger partial charge in [0, 0.05) is 18.8 Å². The molecule has 19 heavy (non-hydrogen) atoms. The van der Waals surface area contributed by atoms with E-state index in [4.69, 9.17) is 0 Å². The van der Waals surface area contributed by atoms with Gasteiger partial charge in [-0.3, -0.25) is 0 Å². The number of aliphatic hydroxyl groups excluding tert-OH is 1. The van der Waals surface area contributed by atoms with Crippen LogP contribution in [0.15, 0.2) is 12.4 Å². The second-order valence-corrected chi connectivity index (χ2v) is 6.59. The molecule has 0 saturated heterocycles. The Bertz CT molecular complexity index is 411. The molecule has 0 aliphatic heterocycles. The first-order valence-electron chi connectivity index (χ1n) is 7.69. The number of rotatable bonds is 4. The van der Waals surface area contributed by atoms with Crippen molar-refractivity contribution < 1.29 is 5.11 Å². The van der Waals surface area contributed by atoms with Crippen molar-refractivity contribution >= 4 is 0 Å². The molecule has 3 nitrogen and oxygen atoms in total. The highest BCUT2D eigenvalue weighted by atomic mass is 16.3. The van der Waals surface area contributed by atoms with Crippen LogP contribution in [-0.4, -0.2) is 20.8 Å². The van der Waals surface area contributed by atoms with Crippen LogP contribution in [0.25, 0.3) is 0 Å².